The highest BCUT2D eigenvalue weighted by atomic mass is 32.2. The molecule has 1 aliphatic rings. The molecule has 0 aliphatic carbocycles. The Morgan fingerprint density at radius 2 is 1.43 bits per heavy atom. The van der Waals surface area contributed by atoms with E-state index in [0.717, 1.165) is 16.3 Å². The highest BCUT2D eigenvalue weighted by Crippen LogP contribution is 2.42. The average Bonchev–Trinajstić information content (AvgIpc) is 2.77. The number of amides is 1. The summed E-state index contributed by atoms with van der Waals surface area (Å²) in [5.41, 5.74) is 2.60. The van der Waals surface area contributed by atoms with Crippen molar-refractivity contribution in [2.45, 2.75) is 4.90 Å². The number of carbonyl (C=O) groups is 1. The maximum atomic E-state index is 13.3. The fourth-order valence-electron chi connectivity index (χ4n) is 3.91. The van der Waals surface area contributed by atoms with E-state index in [1.54, 1.807) is 30.3 Å². The molecule has 0 unspecified atom stereocenters. The first-order valence-electron chi connectivity index (χ1n) is 9.54. The van der Waals surface area contributed by atoms with Crippen molar-refractivity contribution in [2.75, 3.05) is 16.2 Å². The van der Waals surface area contributed by atoms with Gasteiger partial charge in [-0.2, -0.15) is 0 Å². The second kappa shape index (κ2) is 7.00. The molecule has 1 aliphatic heterocycles. The van der Waals surface area contributed by atoms with Crippen LogP contribution in [0.3, 0.4) is 0 Å². The molecular weight excluding hydrogens is 396 g/mol. The van der Waals surface area contributed by atoms with Crippen molar-refractivity contribution in [3.8, 4) is 11.1 Å². The highest BCUT2D eigenvalue weighted by Gasteiger charge is 2.35. The van der Waals surface area contributed by atoms with Crippen LogP contribution in [-0.2, 0) is 14.8 Å². The van der Waals surface area contributed by atoms with Crippen LogP contribution in [0.1, 0.15) is 0 Å². The molecule has 0 aromatic heterocycles. The van der Waals surface area contributed by atoms with Crippen LogP contribution in [0, 0.1) is 0 Å². The monoisotopic (exact) mass is 414 g/mol. The summed E-state index contributed by atoms with van der Waals surface area (Å²) in [5, 5.41) is 4.78. The summed E-state index contributed by atoms with van der Waals surface area (Å²) < 4.78 is 27.8. The number of hydrogen-bond donors (Lipinski definition) is 1. The third-order valence-electron chi connectivity index (χ3n) is 5.27. The third-order valence-corrected chi connectivity index (χ3v) is 7.09. The summed E-state index contributed by atoms with van der Waals surface area (Å²) in [7, 11) is -3.85. The molecule has 5 rings (SSSR count). The number of benzene rings is 4. The van der Waals surface area contributed by atoms with Crippen molar-refractivity contribution in [2.24, 2.45) is 0 Å². The molecule has 1 amide bonds. The largest absolute Gasteiger partial charge is 0.324 e. The first kappa shape index (κ1) is 18.4. The van der Waals surface area contributed by atoms with Crippen LogP contribution in [0.15, 0.2) is 95.9 Å². The first-order valence-corrected chi connectivity index (χ1v) is 11.0. The van der Waals surface area contributed by atoms with E-state index in [9.17, 15) is 13.2 Å². The lowest BCUT2D eigenvalue weighted by molar-refractivity contribution is -0.114. The van der Waals surface area contributed by atoms with E-state index < -0.39 is 15.9 Å². The van der Waals surface area contributed by atoms with Gasteiger partial charge in [0.2, 0.25) is 5.91 Å². The summed E-state index contributed by atoms with van der Waals surface area (Å²) in [6.45, 7) is -0.309. The van der Waals surface area contributed by atoms with Crippen LogP contribution < -0.4 is 9.62 Å². The van der Waals surface area contributed by atoms with E-state index in [1.165, 1.54) is 4.31 Å². The minimum atomic E-state index is -3.85. The predicted molar refractivity (Wildman–Crippen MR) is 119 cm³/mol. The molecule has 0 fully saturated rings. The molecule has 6 heteroatoms. The standard InChI is InChI=1S/C24H18N2O3S/c27-24(25-21-13-7-9-17-8-1-2-10-18(17)21)16-26-22-14-5-3-11-19(22)20-12-4-6-15-23(20)30(26,28)29/h1-15H,16H2,(H,25,27). The van der Waals surface area contributed by atoms with Gasteiger partial charge in [0.25, 0.3) is 10.0 Å². The van der Waals surface area contributed by atoms with E-state index in [2.05, 4.69) is 5.32 Å². The normalized spacial score (nSPS) is 14.1. The highest BCUT2D eigenvalue weighted by molar-refractivity contribution is 7.93. The number of fused-ring (bicyclic) bond motifs is 4. The Balaban J connectivity index is 1.52. The minimum absolute atomic E-state index is 0.210. The lowest BCUT2D eigenvalue weighted by Gasteiger charge is -2.31. The van der Waals surface area contributed by atoms with Gasteiger partial charge in [-0.05, 0) is 23.6 Å². The van der Waals surface area contributed by atoms with E-state index in [0.29, 0.717) is 16.9 Å². The SMILES string of the molecule is O=C(CN1c2ccccc2-c2ccccc2S1(=O)=O)Nc1cccc2ccccc12. The summed E-state index contributed by atoms with van der Waals surface area (Å²) in [5.74, 6) is -0.399. The summed E-state index contributed by atoms with van der Waals surface area (Å²) >= 11 is 0. The summed E-state index contributed by atoms with van der Waals surface area (Å²) in [6, 6.07) is 27.5. The molecule has 1 N–H and O–H groups in total. The molecule has 4 aromatic rings. The van der Waals surface area contributed by atoms with Crippen LogP contribution >= 0.6 is 0 Å². The molecule has 0 spiro atoms. The molecule has 30 heavy (non-hydrogen) atoms. The Labute approximate surface area is 174 Å². The molecule has 0 radical (unpaired) electrons. The number of hydrogen-bond acceptors (Lipinski definition) is 3. The number of anilines is 2. The Morgan fingerprint density at radius 1 is 0.767 bits per heavy atom. The van der Waals surface area contributed by atoms with Crippen molar-refractivity contribution >= 4 is 38.1 Å². The summed E-state index contributed by atoms with van der Waals surface area (Å²) in [6.07, 6.45) is 0. The van der Waals surface area contributed by atoms with Crippen molar-refractivity contribution in [1.82, 2.24) is 0 Å². The van der Waals surface area contributed by atoms with Gasteiger partial charge in [0.05, 0.1) is 10.6 Å². The van der Waals surface area contributed by atoms with E-state index in [1.807, 2.05) is 60.7 Å². The zero-order valence-corrected chi connectivity index (χ0v) is 16.8. The Bertz CT molecular complexity index is 1390. The molecule has 0 saturated carbocycles. The number of sulfonamides is 1. The second-order valence-corrected chi connectivity index (χ2v) is 8.93. The van der Waals surface area contributed by atoms with E-state index >= 15 is 0 Å². The van der Waals surface area contributed by atoms with Crippen LogP contribution in [-0.4, -0.2) is 20.9 Å². The zero-order chi connectivity index (χ0) is 20.7. The topological polar surface area (TPSA) is 66.5 Å². The lowest BCUT2D eigenvalue weighted by atomic mass is 10.0. The van der Waals surface area contributed by atoms with Crippen molar-refractivity contribution < 1.29 is 13.2 Å². The number of para-hydroxylation sites is 1. The van der Waals surface area contributed by atoms with Crippen molar-refractivity contribution in [3.05, 3.63) is 91.0 Å². The van der Waals surface area contributed by atoms with Crippen LogP contribution in [0.2, 0.25) is 0 Å². The lowest BCUT2D eigenvalue weighted by Crippen LogP contribution is -2.40. The fourth-order valence-corrected chi connectivity index (χ4v) is 5.56. The summed E-state index contributed by atoms with van der Waals surface area (Å²) in [4.78, 5) is 13.1. The maximum absolute atomic E-state index is 13.3. The molecule has 5 nitrogen and oxygen atoms in total. The Morgan fingerprint density at radius 3 is 2.30 bits per heavy atom. The van der Waals surface area contributed by atoms with Crippen LogP contribution in [0.25, 0.3) is 21.9 Å². The number of rotatable bonds is 3. The molecular formula is C24H18N2O3S. The van der Waals surface area contributed by atoms with Gasteiger partial charge < -0.3 is 5.32 Å². The van der Waals surface area contributed by atoms with Gasteiger partial charge in [0.15, 0.2) is 0 Å². The molecule has 148 valence electrons. The Hall–Kier alpha value is -3.64. The van der Waals surface area contributed by atoms with Crippen molar-refractivity contribution in [1.29, 1.82) is 0 Å². The van der Waals surface area contributed by atoms with Gasteiger partial charge >= 0.3 is 0 Å². The van der Waals surface area contributed by atoms with Crippen molar-refractivity contribution in [3.63, 3.8) is 0 Å². The quantitative estimate of drug-likeness (QED) is 0.530. The number of nitrogens with one attached hydrogen (secondary N) is 1. The minimum Gasteiger partial charge on any atom is -0.324 e. The van der Waals surface area contributed by atoms with Gasteiger partial charge in [-0.15, -0.1) is 0 Å². The van der Waals surface area contributed by atoms with Gasteiger partial charge in [0, 0.05) is 22.2 Å². The van der Waals surface area contributed by atoms with Crippen LogP contribution in [0.5, 0.6) is 0 Å². The third kappa shape index (κ3) is 2.93. The molecule has 0 atom stereocenters. The zero-order valence-electron chi connectivity index (χ0n) is 15.9. The molecule has 4 aromatic carbocycles. The number of carbonyl (C=O) groups excluding carboxylic acids is 1. The molecule has 0 bridgehead atoms. The second-order valence-electron chi connectivity index (χ2n) is 7.10. The molecule has 0 saturated heterocycles. The van der Waals surface area contributed by atoms with E-state index in [4.69, 9.17) is 0 Å². The average molecular weight is 414 g/mol. The predicted octanol–water partition coefficient (Wildman–Crippen LogP) is 4.65. The maximum Gasteiger partial charge on any atom is 0.265 e. The molecule has 1 heterocycles. The van der Waals surface area contributed by atoms with Gasteiger partial charge in [-0.3, -0.25) is 9.10 Å². The van der Waals surface area contributed by atoms with Crippen LogP contribution in [0.4, 0.5) is 11.4 Å². The smallest absolute Gasteiger partial charge is 0.265 e. The Kier molecular flexibility index (Phi) is 4.29. The van der Waals surface area contributed by atoms with Gasteiger partial charge in [-0.25, -0.2) is 8.42 Å². The number of nitrogens with zero attached hydrogens (tertiary/aromatic N) is 1. The van der Waals surface area contributed by atoms with E-state index in [-0.39, 0.29) is 11.4 Å². The fraction of sp³-hybridized carbons (Fsp3) is 0.0417. The van der Waals surface area contributed by atoms with Gasteiger partial charge in [-0.1, -0.05) is 72.8 Å². The van der Waals surface area contributed by atoms with Gasteiger partial charge in [0.1, 0.15) is 6.54 Å². The first-order chi connectivity index (χ1) is 14.6.